The Balaban J connectivity index is 2.51. The summed E-state index contributed by atoms with van der Waals surface area (Å²) in [6.45, 7) is 6.96. The third kappa shape index (κ3) is 2.33. The third-order valence-electron chi connectivity index (χ3n) is 6.94. The average molecular weight is 388 g/mol. The normalized spacial score (nSPS) is 39.9. The van der Waals surface area contributed by atoms with Crippen molar-refractivity contribution in [3.05, 3.63) is 0 Å². The predicted molar refractivity (Wildman–Crippen MR) is 96.5 cm³/mol. The number of likely N-dealkylation sites (N-methyl/N-ethyl adjacent to an activating group) is 2. The second-order valence-corrected chi connectivity index (χ2v) is 7.43. The Bertz CT molecular complexity index is 583. The maximum Gasteiger partial charge on any atom is 0.326 e. The Labute approximate surface area is 160 Å². The number of hydrogen-bond donors (Lipinski definition) is 0. The molecule has 2 saturated heterocycles. The highest BCUT2D eigenvalue weighted by molar-refractivity contribution is 5.82. The van der Waals surface area contributed by atoms with Crippen molar-refractivity contribution >= 4 is 12.1 Å². The van der Waals surface area contributed by atoms with E-state index in [4.69, 9.17) is 18.9 Å². The number of nitrogens with zero attached hydrogens (tertiary/aromatic N) is 4. The summed E-state index contributed by atoms with van der Waals surface area (Å²) in [6, 6.07) is -0.660. The molecule has 2 heterocycles. The minimum atomic E-state index is -1.15. The monoisotopic (exact) mass is 388 g/mol. The summed E-state index contributed by atoms with van der Waals surface area (Å²) in [5.74, 6) is 0. The summed E-state index contributed by atoms with van der Waals surface area (Å²) < 4.78 is 22.7. The molecule has 4 unspecified atom stereocenters. The zero-order valence-corrected chi connectivity index (χ0v) is 17.9. The molecule has 0 N–H and O–H groups in total. The highest BCUT2D eigenvalue weighted by Gasteiger charge is 2.67. The first-order valence-corrected chi connectivity index (χ1v) is 8.67. The molecule has 10 nitrogen and oxygen atoms in total. The molecule has 2 aliphatic heterocycles. The summed E-state index contributed by atoms with van der Waals surface area (Å²) in [4.78, 5) is 31.9. The Kier molecular flexibility index (Phi) is 5.20. The van der Waals surface area contributed by atoms with Crippen molar-refractivity contribution in [2.75, 3.05) is 49.2 Å². The molecule has 0 spiro atoms. The molecule has 0 aromatic carbocycles. The van der Waals surface area contributed by atoms with E-state index in [1.807, 2.05) is 0 Å². The minimum absolute atomic E-state index is 0.0705. The average Bonchev–Trinajstić information content (AvgIpc) is 2.91. The molecule has 2 rings (SSSR count). The van der Waals surface area contributed by atoms with E-state index in [2.05, 4.69) is 0 Å². The van der Waals surface area contributed by atoms with Crippen molar-refractivity contribution < 1.29 is 28.5 Å². The Morgan fingerprint density at radius 3 is 1.11 bits per heavy atom. The van der Waals surface area contributed by atoms with Crippen molar-refractivity contribution in [2.45, 2.75) is 50.6 Å². The van der Waals surface area contributed by atoms with Crippen LogP contribution >= 0.6 is 0 Å². The summed E-state index contributed by atoms with van der Waals surface area (Å²) in [6.07, 6.45) is 0. The molecule has 2 aliphatic rings. The van der Waals surface area contributed by atoms with Crippen LogP contribution in [0.4, 0.5) is 9.59 Å². The van der Waals surface area contributed by atoms with Crippen LogP contribution in [0.15, 0.2) is 0 Å². The smallest absolute Gasteiger partial charge is 0.326 e. The molecule has 0 radical (unpaired) electrons. The van der Waals surface area contributed by atoms with Crippen LogP contribution in [0.3, 0.4) is 0 Å². The van der Waals surface area contributed by atoms with Crippen LogP contribution in [-0.4, -0.2) is 104 Å². The molecule has 0 saturated carbocycles. The fourth-order valence-corrected chi connectivity index (χ4v) is 4.00. The molecule has 4 amide bonds. The van der Waals surface area contributed by atoms with E-state index in [0.717, 1.165) is 0 Å². The number of methoxy groups -OCH3 is 4. The second-order valence-electron chi connectivity index (χ2n) is 7.43. The molecule has 10 heteroatoms. The largest absolute Gasteiger partial charge is 0.354 e. The van der Waals surface area contributed by atoms with Crippen molar-refractivity contribution in [2.24, 2.45) is 0 Å². The van der Waals surface area contributed by atoms with Gasteiger partial charge < -0.3 is 18.9 Å². The first kappa shape index (κ1) is 21.7. The van der Waals surface area contributed by atoms with Gasteiger partial charge in [0.15, 0.2) is 22.9 Å². The van der Waals surface area contributed by atoms with Gasteiger partial charge in [-0.2, -0.15) is 0 Å². The molecule has 2 fully saturated rings. The Morgan fingerprint density at radius 2 is 0.889 bits per heavy atom. The lowest BCUT2D eigenvalue weighted by Crippen LogP contribution is -2.64. The van der Waals surface area contributed by atoms with Crippen LogP contribution in [0.5, 0.6) is 0 Å². The third-order valence-corrected chi connectivity index (χ3v) is 6.94. The number of hydrogen-bond acceptors (Lipinski definition) is 6. The van der Waals surface area contributed by atoms with Gasteiger partial charge in [-0.1, -0.05) is 0 Å². The van der Waals surface area contributed by atoms with E-state index in [9.17, 15) is 9.59 Å². The van der Waals surface area contributed by atoms with E-state index in [1.54, 1.807) is 41.8 Å². The number of amides is 4. The van der Waals surface area contributed by atoms with Crippen LogP contribution in [0.2, 0.25) is 0 Å². The summed E-state index contributed by atoms with van der Waals surface area (Å²) in [5, 5.41) is 0. The molecular formula is C17H32N4O6. The zero-order chi connectivity index (χ0) is 21.0. The maximum atomic E-state index is 13.0. The van der Waals surface area contributed by atoms with E-state index < -0.39 is 22.9 Å². The van der Waals surface area contributed by atoms with Gasteiger partial charge in [0.05, 0.1) is 0 Å². The first-order chi connectivity index (χ1) is 12.4. The van der Waals surface area contributed by atoms with Crippen molar-refractivity contribution in [1.29, 1.82) is 0 Å². The second kappa shape index (κ2) is 6.47. The van der Waals surface area contributed by atoms with Crippen LogP contribution in [0.1, 0.15) is 27.7 Å². The van der Waals surface area contributed by atoms with Gasteiger partial charge in [-0.25, -0.2) is 9.59 Å². The molecule has 4 atom stereocenters. The van der Waals surface area contributed by atoms with Crippen LogP contribution in [0.25, 0.3) is 0 Å². The van der Waals surface area contributed by atoms with Gasteiger partial charge in [-0.05, 0) is 27.7 Å². The van der Waals surface area contributed by atoms with Crippen molar-refractivity contribution in [3.63, 3.8) is 0 Å². The lowest BCUT2D eigenvalue weighted by molar-refractivity contribution is -0.258. The molecule has 27 heavy (non-hydrogen) atoms. The number of ether oxygens (including phenoxy) is 4. The van der Waals surface area contributed by atoms with Crippen LogP contribution in [0, 0.1) is 0 Å². The number of rotatable bonds is 6. The van der Waals surface area contributed by atoms with Crippen molar-refractivity contribution in [3.8, 4) is 0 Å². The highest BCUT2D eigenvalue weighted by Crippen LogP contribution is 2.46. The summed E-state index contributed by atoms with van der Waals surface area (Å²) >= 11 is 0. The van der Waals surface area contributed by atoms with E-state index in [0.29, 0.717) is 0 Å². The van der Waals surface area contributed by atoms with Gasteiger partial charge in [0, 0.05) is 42.5 Å². The fraction of sp³-hybridized carbons (Fsp3) is 0.882. The summed E-state index contributed by atoms with van der Waals surface area (Å²) in [5.41, 5.74) is -4.40. The van der Waals surface area contributed by atoms with E-state index in [1.165, 1.54) is 48.0 Å². The zero-order valence-electron chi connectivity index (χ0n) is 17.9. The number of urea groups is 2. The maximum absolute atomic E-state index is 13.0. The van der Waals surface area contributed by atoms with E-state index >= 15 is 0 Å². The Morgan fingerprint density at radius 1 is 0.630 bits per heavy atom. The minimum Gasteiger partial charge on any atom is -0.354 e. The molecule has 0 bridgehead atoms. The molecule has 0 aromatic rings. The number of carbonyl (C=O) groups is 2. The van der Waals surface area contributed by atoms with Crippen LogP contribution in [-0.2, 0) is 18.9 Å². The molecule has 0 aliphatic carbocycles. The van der Waals surface area contributed by atoms with Gasteiger partial charge in [0.2, 0.25) is 0 Å². The summed E-state index contributed by atoms with van der Waals surface area (Å²) in [7, 11) is 9.31. The van der Waals surface area contributed by atoms with Gasteiger partial charge in [0.25, 0.3) is 0 Å². The fourth-order valence-electron chi connectivity index (χ4n) is 4.00. The SMILES string of the molecule is COC1(C)N(C)C(=O)N(CN2C(=O)N(C)C(C)(OC)C2(C)OC)C1(C)OC. The topological polar surface area (TPSA) is 84.0 Å². The van der Waals surface area contributed by atoms with E-state index in [-0.39, 0.29) is 18.7 Å². The lowest BCUT2D eigenvalue weighted by atomic mass is 10.0. The Hall–Kier alpha value is -1.62. The first-order valence-electron chi connectivity index (χ1n) is 8.67. The van der Waals surface area contributed by atoms with Gasteiger partial charge >= 0.3 is 12.1 Å². The highest BCUT2D eigenvalue weighted by atomic mass is 16.6. The quantitative estimate of drug-likeness (QED) is 0.678. The van der Waals surface area contributed by atoms with Gasteiger partial charge in [-0.3, -0.25) is 19.6 Å². The standard InChI is InChI=1S/C17H32N4O6/c1-14(24-7)16(3,26-9)20(12(22)18(14)5)11-21-13(23)19(6)15(2,25-8)17(21,4)27-10/h11H2,1-10H3. The number of carbonyl (C=O) groups excluding carboxylic acids is 2. The molecule has 0 aromatic heterocycles. The molecular weight excluding hydrogens is 356 g/mol. The van der Waals surface area contributed by atoms with Gasteiger partial charge in [0.1, 0.15) is 6.67 Å². The lowest BCUT2D eigenvalue weighted by Gasteiger charge is -2.46. The van der Waals surface area contributed by atoms with Crippen molar-refractivity contribution in [1.82, 2.24) is 19.6 Å². The van der Waals surface area contributed by atoms with Crippen LogP contribution < -0.4 is 0 Å². The predicted octanol–water partition coefficient (Wildman–Crippen LogP) is 1.13. The molecule has 156 valence electrons. The van der Waals surface area contributed by atoms with Gasteiger partial charge in [-0.15, -0.1) is 0 Å².